The molecule has 2 amide bonds. The van der Waals surface area contributed by atoms with Gasteiger partial charge in [0, 0.05) is 32.5 Å². The van der Waals surface area contributed by atoms with Crippen LogP contribution in [0.5, 0.6) is 0 Å². The van der Waals surface area contributed by atoms with Crippen molar-refractivity contribution in [3.63, 3.8) is 0 Å². The Hall–Kier alpha value is -2.37. The van der Waals surface area contributed by atoms with Crippen LogP contribution in [0.4, 0.5) is 5.69 Å². The number of hydrogen-bond donors (Lipinski definition) is 1. The molecule has 1 aliphatic heterocycles. The Morgan fingerprint density at radius 1 is 1.07 bits per heavy atom. The fraction of sp³-hybridized carbons (Fsp3) is 0.364. The first kappa shape index (κ1) is 21.9. The predicted molar refractivity (Wildman–Crippen MR) is 115 cm³/mol. The van der Waals surface area contributed by atoms with Gasteiger partial charge in [-0.25, -0.2) is 0 Å². The first-order valence-corrected chi connectivity index (χ1v) is 9.46. The van der Waals surface area contributed by atoms with Crippen molar-refractivity contribution in [3.05, 3.63) is 65.7 Å². The highest BCUT2D eigenvalue weighted by molar-refractivity contribution is 6.04. The zero-order valence-electron chi connectivity index (χ0n) is 16.4. The maximum atomic E-state index is 13.3. The van der Waals surface area contributed by atoms with Gasteiger partial charge in [0.25, 0.3) is 5.91 Å². The summed E-state index contributed by atoms with van der Waals surface area (Å²) in [6, 6.07) is 17.6. The van der Waals surface area contributed by atoms with Gasteiger partial charge in [-0.1, -0.05) is 49.4 Å². The molecule has 0 aromatic heterocycles. The highest BCUT2D eigenvalue weighted by Gasteiger charge is 2.36. The lowest BCUT2D eigenvalue weighted by Gasteiger charge is -2.23. The van der Waals surface area contributed by atoms with Gasteiger partial charge >= 0.3 is 0 Å². The lowest BCUT2D eigenvalue weighted by Crippen LogP contribution is -2.33. The first-order chi connectivity index (χ1) is 13.1. The van der Waals surface area contributed by atoms with Gasteiger partial charge < -0.3 is 15.5 Å². The fourth-order valence-electron chi connectivity index (χ4n) is 3.84. The predicted octanol–water partition coefficient (Wildman–Crippen LogP) is 3.30. The molecule has 0 unspecified atom stereocenters. The van der Waals surface area contributed by atoms with Crippen LogP contribution in [0.15, 0.2) is 54.6 Å². The van der Waals surface area contributed by atoms with Crippen molar-refractivity contribution in [3.8, 4) is 0 Å². The van der Waals surface area contributed by atoms with Gasteiger partial charge in [0.15, 0.2) is 0 Å². The number of rotatable bonds is 5. The number of halogens is 1. The van der Waals surface area contributed by atoms with Gasteiger partial charge in [0.05, 0.1) is 11.3 Å². The molecule has 0 saturated carbocycles. The summed E-state index contributed by atoms with van der Waals surface area (Å²) >= 11 is 0. The Kier molecular flexibility index (Phi) is 7.61. The molecule has 150 valence electrons. The van der Waals surface area contributed by atoms with E-state index in [1.165, 1.54) is 5.56 Å². The number of carbonyl (C=O) groups is 2. The van der Waals surface area contributed by atoms with Crippen molar-refractivity contribution in [2.75, 3.05) is 31.6 Å². The average molecular weight is 402 g/mol. The molecule has 0 radical (unpaired) electrons. The Morgan fingerprint density at radius 2 is 1.71 bits per heavy atom. The molecular weight excluding hydrogens is 374 g/mol. The number of benzene rings is 2. The molecule has 1 aliphatic rings. The minimum Gasteiger partial charge on any atom is -0.338 e. The minimum atomic E-state index is -0.0433. The van der Waals surface area contributed by atoms with Gasteiger partial charge in [0.2, 0.25) is 5.91 Å². The fourth-order valence-corrected chi connectivity index (χ4v) is 3.84. The van der Waals surface area contributed by atoms with Crippen molar-refractivity contribution < 1.29 is 9.59 Å². The molecule has 2 atom stereocenters. The van der Waals surface area contributed by atoms with E-state index in [9.17, 15) is 9.59 Å². The van der Waals surface area contributed by atoms with Crippen LogP contribution < -0.4 is 10.6 Å². The maximum Gasteiger partial charge on any atom is 0.256 e. The summed E-state index contributed by atoms with van der Waals surface area (Å²) in [5.41, 5.74) is 8.44. The molecule has 1 fully saturated rings. The second-order valence-electron chi connectivity index (χ2n) is 7.05. The summed E-state index contributed by atoms with van der Waals surface area (Å²) in [6.07, 6.45) is 0.397. The molecular formula is C22H28ClN3O2. The van der Waals surface area contributed by atoms with Crippen LogP contribution in [0.25, 0.3) is 0 Å². The van der Waals surface area contributed by atoms with Gasteiger partial charge in [0.1, 0.15) is 0 Å². The van der Waals surface area contributed by atoms with Crippen molar-refractivity contribution >= 4 is 29.9 Å². The van der Waals surface area contributed by atoms with Crippen LogP contribution in [0.3, 0.4) is 0 Å². The van der Waals surface area contributed by atoms with Crippen LogP contribution in [0.2, 0.25) is 0 Å². The van der Waals surface area contributed by atoms with Crippen LogP contribution in [0.1, 0.15) is 35.2 Å². The zero-order valence-corrected chi connectivity index (χ0v) is 17.2. The second-order valence-corrected chi connectivity index (χ2v) is 7.05. The lowest BCUT2D eigenvalue weighted by molar-refractivity contribution is -0.118. The van der Waals surface area contributed by atoms with E-state index in [1.54, 1.807) is 18.0 Å². The molecule has 3 rings (SSSR count). The van der Waals surface area contributed by atoms with Gasteiger partial charge in [-0.05, 0) is 30.2 Å². The van der Waals surface area contributed by atoms with Crippen molar-refractivity contribution in [2.24, 2.45) is 11.7 Å². The molecule has 1 heterocycles. The number of anilines is 1. The largest absolute Gasteiger partial charge is 0.338 e. The topological polar surface area (TPSA) is 66.6 Å². The quantitative estimate of drug-likeness (QED) is 0.835. The average Bonchev–Trinajstić information content (AvgIpc) is 3.17. The van der Waals surface area contributed by atoms with E-state index in [0.29, 0.717) is 37.3 Å². The third-order valence-corrected chi connectivity index (χ3v) is 5.43. The van der Waals surface area contributed by atoms with Crippen LogP contribution in [-0.4, -0.2) is 43.4 Å². The number of nitrogens with two attached hydrogens (primary N) is 1. The van der Waals surface area contributed by atoms with E-state index in [2.05, 4.69) is 12.1 Å². The van der Waals surface area contributed by atoms with Crippen molar-refractivity contribution in [1.82, 2.24) is 4.90 Å². The van der Waals surface area contributed by atoms with Crippen molar-refractivity contribution in [1.29, 1.82) is 0 Å². The number of amides is 2. The summed E-state index contributed by atoms with van der Waals surface area (Å²) in [4.78, 5) is 28.8. The number of likely N-dealkylation sites (tertiary alicyclic amines) is 1. The SMILES string of the molecule is CCC(=O)N(C)c1ccccc1C(=O)N1C[C@@H](CN)[C@H](c2ccccc2)C1.Cl. The maximum absolute atomic E-state index is 13.3. The van der Waals surface area contributed by atoms with Crippen molar-refractivity contribution in [2.45, 2.75) is 19.3 Å². The molecule has 28 heavy (non-hydrogen) atoms. The van der Waals surface area contributed by atoms with Gasteiger partial charge in [-0.2, -0.15) is 0 Å². The van der Waals surface area contributed by atoms with E-state index >= 15 is 0 Å². The number of carbonyl (C=O) groups excluding carboxylic acids is 2. The molecule has 5 nitrogen and oxygen atoms in total. The summed E-state index contributed by atoms with van der Waals surface area (Å²) in [6.45, 7) is 3.64. The molecule has 6 heteroatoms. The monoisotopic (exact) mass is 401 g/mol. The first-order valence-electron chi connectivity index (χ1n) is 9.46. The number of hydrogen-bond acceptors (Lipinski definition) is 3. The number of para-hydroxylation sites is 1. The van der Waals surface area contributed by atoms with E-state index in [1.807, 2.05) is 48.2 Å². The molecule has 2 aromatic carbocycles. The Balaban J connectivity index is 0.00000280. The standard InChI is InChI=1S/C22H27N3O2.ClH/c1-3-21(26)24(2)20-12-8-7-11-18(20)22(27)25-14-17(13-23)19(15-25)16-9-5-4-6-10-16;/h4-12,17,19H,3,13-15,23H2,1-2H3;1H/t17-,19+;/m1./s1. The lowest BCUT2D eigenvalue weighted by atomic mass is 9.89. The molecule has 0 bridgehead atoms. The third kappa shape index (κ3) is 4.37. The van der Waals surface area contributed by atoms with Crippen LogP contribution in [0, 0.1) is 5.92 Å². The Morgan fingerprint density at radius 3 is 2.36 bits per heavy atom. The summed E-state index contributed by atoms with van der Waals surface area (Å²) in [5, 5.41) is 0. The van der Waals surface area contributed by atoms with Crippen LogP contribution in [-0.2, 0) is 4.79 Å². The Bertz CT molecular complexity index is 812. The smallest absolute Gasteiger partial charge is 0.256 e. The molecule has 0 aliphatic carbocycles. The normalized spacial score (nSPS) is 18.5. The van der Waals surface area contributed by atoms with E-state index in [0.717, 1.165) is 0 Å². The highest BCUT2D eigenvalue weighted by Crippen LogP contribution is 2.34. The third-order valence-electron chi connectivity index (χ3n) is 5.43. The summed E-state index contributed by atoms with van der Waals surface area (Å²) in [5.74, 6) is 0.415. The summed E-state index contributed by atoms with van der Waals surface area (Å²) in [7, 11) is 1.72. The van der Waals surface area contributed by atoms with Gasteiger partial charge in [-0.3, -0.25) is 9.59 Å². The molecule has 2 N–H and O–H groups in total. The van der Waals surface area contributed by atoms with E-state index < -0.39 is 0 Å². The zero-order chi connectivity index (χ0) is 19.4. The van der Waals surface area contributed by atoms with Crippen LogP contribution >= 0.6 is 12.4 Å². The van der Waals surface area contributed by atoms with E-state index in [-0.39, 0.29) is 36.1 Å². The van der Waals surface area contributed by atoms with E-state index in [4.69, 9.17) is 5.73 Å². The Labute approximate surface area is 172 Å². The second kappa shape index (κ2) is 9.71. The molecule has 2 aromatic rings. The number of nitrogens with zero attached hydrogens (tertiary/aromatic N) is 2. The molecule has 0 spiro atoms. The summed E-state index contributed by atoms with van der Waals surface area (Å²) < 4.78 is 0. The highest BCUT2D eigenvalue weighted by atomic mass is 35.5. The van der Waals surface area contributed by atoms with Gasteiger partial charge in [-0.15, -0.1) is 12.4 Å². The molecule has 1 saturated heterocycles. The minimum absolute atomic E-state index is 0.